The Morgan fingerprint density at radius 2 is 2.17 bits per heavy atom. The van der Waals surface area contributed by atoms with E-state index in [1.54, 1.807) is 18.2 Å². The monoisotopic (exact) mass is 162 g/mol. The van der Waals surface area contributed by atoms with Crippen LogP contribution in [0.5, 0.6) is 5.75 Å². The van der Waals surface area contributed by atoms with Crippen molar-refractivity contribution in [3.63, 3.8) is 0 Å². The lowest BCUT2D eigenvalue weighted by atomic mass is 10.1. The molecule has 0 aromatic heterocycles. The SMILES string of the molecule is Cc1ccc(O)c(C#CCO)c1. The third-order valence-corrected chi connectivity index (χ3v) is 1.45. The van der Waals surface area contributed by atoms with Gasteiger partial charge in [0.25, 0.3) is 0 Å². The number of aliphatic hydroxyl groups is 1. The summed E-state index contributed by atoms with van der Waals surface area (Å²) in [5.74, 6) is 5.29. The molecule has 0 atom stereocenters. The van der Waals surface area contributed by atoms with Crippen LogP contribution in [0.4, 0.5) is 0 Å². The van der Waals surface area contributed by atoms with Crippen LogP contribution in [-0.2, 0) is 0 Å². The van der Waals surface area contributed by atoms with Crippen LogP contribution in [0.2, 0.25) is 0 Å². The lowest BCUT2D eigenvalue weighted by Crippen LogP contribution is -1.80. The summed E-state index contributed by atoms with van der Waals surface area (Å²) in [7, 11) is 0. The Hall–Kier alpha value is -1.46. The molecule has 0 bridgehead atoms. The minimum absolute atomic E-state index is 0.154. The van der Waals surface area contributed by atoms with Crippen molar-refractivity contribution in [2.45, 2.75) is 6.92 Å². The summed E-state index contributed by atoms with van der Waals surface area (Å²) in [4.78, 5) is 0. The van der Waals surface area contributed by atoms with Gasteiger partial charge >= 0.3 is 0 Å². The number of phenolic OH excluding ortho intramolecular Hbond substituents is 1. The van der Waals surface area contributed by atoms with Gasteiger partial charge in [0.05, 0.1) is 5.56 Å². The van der Waals surface area contributed by atoms with E-state index >= 15 is 0 Å². The van der Waals surface area contributed by atoms with Crippen LogP contribution in [0, 0.1) is 18.8 Å². The molecule has 0 aliphatic carbocycles. The van der Waals surface area contributed by atoms with Crippen LogP contribution in [-0.4, -0.2) is 16.8 Å². The second-order valence-electron chi connectivity index (χ2n) is 2.48. The zero-order chi connectivity index (χ0) is 8.97. The average molecular weight is 162 g/mol. The third-order valence-electron chi connectivity index (χ3n) is 1.45. The first-order valence-corrected chi connectivity index (χ1v) is 3.63. The van der Waals surface area contributed by atoms with E-state index in [0.29, 0.717) is 5.56 Å². The summed E-state index contributed by atoms with van der Waals surface area (Å²) in [6.07, 6.45) is 0. The highest BCUT2D eigenvalue weighted by molar-refractivity contribution is 5.47. The molecular formula is C10H10O2. The smallest absolute Gasteiger partial charge is 0.131 e. The number of phenols is 1. The van der Waals surface area contributed by atoms with Gasteiger partial charge in [0.2, 0.25) is 0 Å². The fourth-order valence-electron chi connectivity index (χ4n) is 0.885. The number of aliphatic hydroxyl groups excluding tert-OH is 1. The first kappa shape index (κ1) is 8.63. The Kier molecular flexibility index (Phi) is 2.73. The molecule has 0 amide bonds. The van der Waals surface area contributed by atoms with Crippen LogP contribution < -0.4 is 0 Å². The van der Waals surface area contributed by atoms with E-state index in [1.807, 2.05) is 6.92 Å². The lowest BCUT2D eigenvalue weighted by Gasteiger charge is -1.97. The van der Waals surface area contributed by atoms with E-state index in [2.05, 4.69) is 11.8 Å². The summed E-state index contributed by atoms with van der Waals surface area (Å²) in [6, 6.07) is 5.17. The van der Waals surface area contributed by atoms with Gasteiger partial charge in [-0.05, 0) is 24.6 Å². The van der Waals surface area contributed by atoms with Crippen molar-refractivity contribution in [1.29, 1.82) is 0 Å². The van der Waals surface area contributed by atoms with E-state index in [-0.39, 0.29) is 12.4 Å². The number of aromatic hydroxyl groups is 1. The van der Waals surface area contributed by atoms with E-state index in [0.717, 1.165) is 5.56 Å². The minimum atomic E-state index is -0.187. The molecule has 2 nitrogen and oxygen atoms in total. The zero-order valence-corrected chi connectivity index (χ0v) is 6.83. The maximum Gasteiger partial charge on any atom is 0.131 e. The van der Waals surface area contributed by atoms with Gasteiger partial charge in [0.1, 0.15) is 12.4 Å². The van der Waals surface area contributed by atoms with Crippen LogP contribution in [0.15, 0.2) is 18.2 Å². The first-order valence-electron chi connectivity index (χ1n) is 3.63. The fourth-order valence-corrected chi connectivity index (χ4v) is 0.885. The second kappa shape index (κ2) is 3.80. The minimum Gasteiger partial charge on any atom is -0.507 e. The van der Waals surface area contributed by atoms with Crippen LogP contribution in [0.1, 0.15) is 11.1 Å². The van der Waals surface area contributed by atoms with Gasteiger partial charge in [0.15, 0.2) is 0 Å². The molecule has 0 aliphatic heterocycles. The number of hydrogen-bond acceptors (Lipinski definition) is 2. The number of hydrogen-bond donors (Lipinski definition) is 2. The molecule has 0 radical (unpaired) electrons. The van der Waals surface area contributed by atoms with Gasteiger partial charge in [-0.25, -0.2) is 0 Å². The molecule has 2 N–H and O–H groups in total. The molecule has 0 aliphatic rings. The van der Waals surface area contributed by atoms with E-state index < -0.39 is 0 Å². The predicted molar refractivity (Wildman–Crippen MR) is 46.8 cm³/mol. The van der Waals surface area contributed by atoms with E-state index in [9.17, 15) is 5.11 Å². The highest BCUT2D eigenvalue weighted by atomic mass is 16.3. The largest absolute Gasteiger partial charge is 0.507 e. The molecule has 0 unspecified atom stereocenters. The molecule has 1 aromatic carbocycles. The number of benzene rings is 1. The summed E-state index contributed by atoms with van der Waals surface area (Å²) >= 11 is 0. The van der Waals surface area contributed by atoms with Crippen molar-refractivity contribution in [3.05, 3.63) is 29.3 Å². The second-order valence-corrected chi connectivity index (χ2v) is 2.48. The van der Waals surface area contributed by atoms with Gasteiger partial charge < -0.3 is 10.2 Å². The van der Waals surface area contributed by atoms with Crippen molar-refractivity contribution in [2.75, 3.05) is 6.61 Å². The standard InChI is InChI=1S/C10H10O2/c1-8-4-5-10(12)9(7-8)3-2-6-11/h4-5,7,11-12H,6H2,1H3. The molecule has 12 heavy (non-hydrogen) atoms. The Balaban J connectivity index is 3.05. The zero-order valence-electron chi connectivity index (χ0n) is 6.83. The summed E-state index contributed by atoms with van der Waals surface area (Å²) in [6.45, 7) is 1.73. The Labute approximate surface area is 71.5 Å². The molecule has 0 spiro atoms. The number of aryl methyl sites for hydroxylation is 1. The van der Waals surface area contributed by atoms with Crippen molar-refractivity contribution < 1.29 is 10.2 Å². The first-order chi connectivity index (χ1) is 5.74. The molecule has 0 heterocycles. The summed E-state index contributed by atoms with van der Waals surface area (Å²) in [5, 5.41) is 17.7. The average Bonchev–Trinajstić information content (AvgIpc) is 2.07. The maximum atomic E-state index is 9.28. The van der Waals surface area contributed by atoms with E-state index in [1.165, 1.54) is 0 Å². The van der Waals surface area contributed by atoms with Crippen LogP contribution in [0.25, 0.3) is 0 Å². The van der Waals surface area contributed by atoms with Gasteiger partial charge in [-0.1, -0.05) is 17.9 Å². The van der Waals surface area contributed by atoms with Gasteiger partial charge in [-0.3, -0.25) is 0 Å². The molecule has 0 saturated carbocycles. The summed E-state index contributed by atoms with van der Waals surface area (Å²) in [5.41, 5.74) is 1.60. The lowest BCUT2D eigenvalue weighted by molar-refractivity contribution is 0.350. The maximum absolute atomic E-state index is 9.28. The van der Waals surface area contributed by atoms with Gasteiger partial charge in [-0.2, -0.15) is 0 Å². The molecule has 0 saturated heterocycles. The molecular weight excluding hydrogens is 152 g/mol. The highest BCUT2D eigenvalue weighted by Crippen LogP contribution is 2.16. The Morgan fingerprint density at radius 3 is 2.83 bits per heavy atom. The number of rotatable bonds is 0. The highest BCUT2D eigenvalue weighted by Gasteiger charge is 1.95. The molecule has 62 valence electrons. The van der Waals surface area contributed by atoms with Crippen molar-refractivity contribution in [1.82, 2.24) is 0 Å². The van der Waals surface area contributed by atoms with E-state index in [4.69, 9.17) is 5.11 Å². The quantitative estimate of drug-likeness (QED) is 0.560. The van der Waals surface area contributed by atoms with Crippen LogP contribution >= 0.6 is 0 Å². The Bertz CT molecular complexity index is 331. The van der Waals surface area contributed by atoms with Crippen molar-refractivity contribution in [3.8, 4) is 17.6 Å². The van der Waals surface area contributed by atoms with Crippen molar-refractivity contribution >= 4 is 0 Å². The predicted octanol–water partition coefficient (Wildman–Crippen LogP) is 1.04. The topological polar surface area (TPSA) is 40.5 Å². The van der Waals surface area contributed by atoms with Gasteiger partial charge in [-0.15, -0.1) is 0 Å². The fraction of sp³-hybridized carbons (Fsp3) is 0.200. The van der Waals surface area contributed by atoms with Crippen molar-refractivity contribution in [2.24, 2.45) is 0 Å². The molecule has 0 fully saturated rings. The normalized spacial score (nSPS) is 8.83. The molecule has 1 aromatic rings. The molecule has 2 heteroatoms. The van der Waals surface area contributed by atoms with Crippen LogP contribution in [0.3, 0.4) is 0 Å². The molecule has 1 rings (SSSR count). The van der Waals surface area contributed by atoms with Gasteiger partial charge in [0, 0.05) is 0 Å². The summed E-state index contributed by atoms with van der Waals surface area (Å²) < 4.78 is 0. The third kappa shape index (κ3) is 2.01. The Morgan fingerprint density at radius 1 is 1.42 bits per heavy atom.